The van der Waals surface area contributed by atoms with E-state index in [-0.39, 0.29) is 5.97 Å². The quantitative estimate of drug-likeness (QED) is 0.837. The summed E-state index contributed by atoms with van der Waals surface area (Å²) in [5, 5.41) is 0. The lowest BCUT2D eigenvalue weighted by atomic mass is 10.0. The van der Waals surface area contributed by atoms with Gasteiger partial charge in [0, 0.05) is 0 Å². The van der Waals surface area contributed by atoms with E-state index < -0.39 is 11.6 Å². The first-order chi connectivity index (χ1) is 8.17. The van der Waals surface area contributed by atoms with Crippen molar-refractivity contribution in [3.8, 4) is 0 Å². The van der Waals surface area contributed by atoms with Crippen molar-refractivity contribution in [1.82, 2.24) is 0 Å². The second-order valence-electron chi connectivity index (χ2n) is 5.84. The van der Waals surface area contributed by atoms with E-state index in [0.29, 0.717) is 6.42 Å². The van der Waals surface area contributed by atoms with Crippen molar-refractivity contribution in [2.45, 2.75) is 52.7 Å². The minimum Gasteiger partial charge on any atom is -0.459 e. The van der Waals surface area contributed by atoms with Gasteiger partial charge in [0.2, 0.25) is 0 Å². The molecule has 0 aliphatic heterocycles. The highest BCUT2D eigenvalue weighted by atomic mass is 16.6. The second kappa shape index (κ2) is 5.53. The van der Waals surface area contributed by atoms with Crippen molar-refractivity contribution in [2.75, 3.05) is 0 Å². The molecule has 0 saturated carbocycles. The van der Waals surface area contributed by atoms with Crippen LogP contribution in [0.15, 0.2) is 18.2 Å². The van der Waals surface area contributed by atoms with Crippen LogP contribution in [0.25, 0.3) is 0 Å². The van der Waals surface area contributed by atoms with Crippen molar-refractivity contribution >= 4 is 5.97 Å². The number of benzene rings is 1. The molecule has 0 amide bonds. The van der Waals surface area contributed by atoms with Crippen LogP contribution >= 0.6 is 0 Å². The van der Waals surface area contributed by atoms with Crippen LogP contribution in [0.4, 0.5) is 0 Å². The Labute approximate surface area is 109 Å². The van der Waals surface area contributed by atoms with Gasteiger partial charge in [0.1, 0.15) is 11.6 Å². The molecule has 0 aliphatic rings. The van der Waals surface area contributed by atoms with Gasteiger partial charge in [-0.3, -0.25) is 4.79 Å². The summed E-state index contributed by atoms with van der Waals surface area (Å²) in [7, 11) is 0. The Kier molecular flexibility index (Phi) is 4.52. The first-order valence-corrected chi connectivity index (χ1v) is 6.23. The third-order valence-electron chi connectivity index (χ3n) is 2.45. The molecule has 1 unspecified atom stereocenters. The fraction of sp³-hybridized carbons (Fsp3) is 0.533. The molecule has 1 atom stereocenters. The predicted octanol–water partition coefficient (Wildman–Crippen LogP) is 2.51. The number of carbonyl (C=O) groups is 1. The van der Waals surface area contributed by atoms with Gasteiger partial charge in [-0.05, 0) is 46.6 Å². The van der Waals surface area contributed by atoms with E-state index in [4.69, 9.17) is 10.5 Å². The maximum Gasteiger partial charge on any atom is 0.323 e. The molecule has 2 N–H and O–H groups in total. The van der Waals surface area contributed by atoms with Crippen molar-refractivity contribution < 1.29 is 9.53 Å². The number of carbonyl (C=O) groups excluding carboxylic acids is 1. The maximum atomic E-state index is 11.8. The highest BCUT2D eigenvalue weighted by Gasteiger charge is 2.22. The molecule has 0 radical (unpaired) electrons. The van der Waals surface area contributed by atoms with E-state index >= 15 is 0 Å². The predicted molar refractivity (Wildman–Crippen MR) is 73.4 cm³/mol. The number of esters is 1. The van der Waals surface area contributed by atoms with Gasteiger partial charge in [-0.2, -0.15) is 0 Å². The van der Waals surface area contributed by atoms with Crippen molar-refractivity contribution in [3.63, 3.8) is 0 Å². The van der Waals surface area contributed by atoms with Gasteiger partial charge < -0.3 is 10.5 Å². The molecule has 0 saturated heterocycles. The summed E-state index contributed by atoms with van der Waals surface area (Å²) >= 11 is 0. The zero-order chi connectivity index (χ0) is 13.9. The summed E-state index contributed by atoms with van der Waals surface area (Å²) in [5.41, 5.74) is 8.83. The lowest BCUT2D eigenvalue weighted by Crippen LogP contribution is -2.38. The summed E-state index contributed by atoms with van der Waals surface area (Å²) in [6, 6.07) is 5.60. The molecule has 1 aromatic rings. The topological polar surface area (TPSA) is 52.3 Å². The van der Waals surface area contributed by atoms with Crippen LogP contribution in [0, 0.1) is 13.8 Å². The largest absolute Gasteiger partial charge is 0.459 e. The summed E-state index contributed by atoms with van der Waals surface area (Å²) in [6.07, 6.45) is 0.511. The second-order valence-corrected chi connectivity index (χ2v) is 5.84. The lowest BCUT2D eigenvalue weighted by Gasteiger charge is -2.22. The Morgan fingerprint density at radius 3 is 2.17 bits per heavy atom. The van der Waals surface area contributed by atoms with E-state index in [9.17, 15) is 4.79 Å². The van der Waals surface area contributed by atoms with Gasteiger partial charge in [0.15, 0.2) is 0 Å². The summed E-state index contributed by atoms with van der Waals surface area (Å²) in [5.74, 6) is -0.346. The van der Waals surface area contributed by atoms with Gasteiger partial charge in [0.25, 0.3) is 0 Å². The summed E-state index contributed by atoms with van der Waals surface area (Å²) in [6.45, 7) is 9.60. The first kappa shape index (κ1) is 14.7. The highest BCUT2D eigenvalue weighted by Crippen LogP contribution is 2.13. The first-order valence-electron chi connectivity index (χ1n) is 6.23. The molecule has 0 fully saturated rings. The van der Waals surface area contributed by atoms with Crippen LogP contribution in [-0.2, 0) is 16.0 Å². The van der Waals surface area contributed by atoms with Crippen LogP contribution in [0.5, 0.6) is 0 Å². The van der Waals surface area contributed by atoms with Crippen LogP contribution in [-0.4, -0.2) is 17.6 Å². The molecule has 0 spiro atoms. The van der Waals surface area contributed by atoms with E-state index in [0.717, 1.165) is 5.56 Å². The molecule has 3 heteroatoms. The van der Waals surface area contributed by atoms with Gasteiger partial charge in [-0.15, -0.1) is 0 Å². The maximum absolute atomic E-state index is 11.8. The SMILES string of the molecule is Cc1cc(C)cc(CC(N)C(=O)OC(C)(C)C)c1. The van der Waals surface area contributed by atoms with E-state index in [1.807, 2.05) is 34.6 Å². The monoisotopic (exact) mass is 249 g/mol. The number of hydrogen-bond acceptors (Lipinski definition) is 3. The molecule has 0 heterocycles. The van der Waals surface area contributed by atoms with Crippen LogP contribution < -0.4 is 5.73 Å². The zero-order valence-corrected chi connectivity index (χ0v) is 11.9. The van der Waals surface area contributed by atoms with E-state index in [1.54, 1.807) is 0 Å². The van der Waals surface area contributed by atoms with Crippen LogP contribution in [0.3, 0.4) is 0 Å². The van der Waals surface area contributed by atoms with E-state index in [1.165, 1.54) is 11.1 Å². The third-order valence-corrected chi connectivity index (χ3v) is 2.45. The molecular weight excluding hydrogens is 226 g/mol. The van der Waals surface area contributed by atoms with Gasteiger partial charge >= 0.3 is 5.97 Å². The smallest absolute Gasteiger partial charge is 0.323 e. The third kappa shape index (κ3) is 4.88. The molecule has 0 aliphatic carbocycles. The minimum atomic E-state index is -0.606. The molecular formula is C15H23NO2. The van der Waals surface area contributed by atoms with Crippen LogP contribution in [0.2, 0.25) is 0 Å². The molecule has 1 rings (SSSR count). The Morgan fingerprint density at radius 1 is 1.22 bits per heavy atom. The fourth-order valence-electron chi connectivity index (χ4n) is 1.90. The van der Waals surface area contributed by atoms with E-state index in [2.05, 4.69) is 18.2 Å². The molecule has 100 valence electrons. The molecule has 1 aromatic carbocycles. The highest BCUT2D eigenvalue weighted by molar-refractivity contribution is 5.76. The van der Waals surface area contributed by atoms with Crippen LogP contribution in [0.1, 0.15) is 37.5 Å². The Hall–Kier alpha value is -1.35. The van der Waals surface area contributed by atoms with Gasteiger partial charge in [-0.25, -0.2) is 0 Å². The normalized spacial score (nSPS) is 13.2. The molecule has 3 nitrogen and oxygen atoms in total. The number of ether oxygens (including phenoxy) is 1. The van der Waals surface area contributed by atoms with Crippen molar-refractivity contribution in [2.24, 2.45) is 5.73 Å². The average Bonchev–Trinajstić information content (AvgIpc) is 2.12. The van der Waals surface area contributed by atoms with Gasteiger partial charge in [-0.1, -0.05) is 29.3 Å². The Bertz CT molecular complexity index is 412. The number of rotatable bonds is 3. The Balaban J connectivity index is 2.69. The zero-order valence-electron chi connectivity index (χ0n) is 11.9. The minimum absolute atomic E-state index is 0.346. The Morgan fingerprint density at radius 2 is 1.72 bits per heavy atom. The van der Waals surface area contributed by atoms with Crippen molar-refractivity contribution in [3.05, 3.63) is 34.9 Å². The van der Waals surface area contributed by atoms with Crippen molar-refractivity contribution in [1.29, 1.82) is 0 Å². The molecule has 0 aromatic heterocycles. The molecule has 18 heavy (non-hydrogen) atoms. The summed E-state index contributed by atoms with van der Waals surface area (Å²) in [4.78, 5) is 11.8. The number of aryl methyl sites for hydroxylation is 2. The fourth-order valence-corrected chi connectivity index (χ4v) is 1.90. The number of nitrogens with two attached hydrogens (primary N) is 1. The van der Waals surface area contributed by atoms with Gasteiger partial charge in [0.05, 0.1) is 0 Å². The summed E-state index contributed by atoms with van der Waals surface area (Å²) < 4.78 is 5.27. The number of hydrogen-bond donors (Lipinski definition) is 1. The molecule has 0 bridgehead atoms. The standard InChI is InChI=1S/C15H23NO2/c1-10-6-11(2)8-12(7-10)9-13(16)14(17)18-15(3,4)5/h6-8,13H,9,16H2,1-5H3. The average molecular weight is 249 g/mol. The lowest BCUT2D eigenvalue weighted by molar-refractivity contribution is -0.156.